The maximum Gasteiger partial charge on any atom is 0.573 e. The Balaban J connectivity index is 1.72. The van der Waals surface area contributed by atoms with E-state index in [1.54, 1.807) is 0 Å². The number of hydrogen-bond donors (Lipinski definition) is 2. The molecular formula is C24H27F3N4O3S. The van der Waals surface area contributed by atoms with Gasteiger partial charge in [-0.25, -0.2) is 9.79 Å². The highest BCUT2D eigenvalue weighted by Crippen LogP contribution is 2.24. The van der Waals surface area contributed by atoms with Crippen LogP contribution in [-0.4, -0.2) is 30.1 Å². The summed E-state index contributed by atoms with van der Waals surface area (Å²) in [6, 6.07) is 15.0. The van der Waals surface area contributed by atoms with Crippen LogP contribution < -0.4 is 20.2 Å². The van der Waals surface area contributed by atoms with Crippen LogP contribution in [-0.2, 0) is 24.5 Å². The topological polar surface area (TPSA) is 76.9 Å². The molecule has 11 heteroatoms. The highest BCUT2D eigenvalue weighted by molar-refractivity contribution is 7.07. The van der Waals surface area contributed by atoms with Crippen LogP contribution in [0, 0.1) is 0 Å². The number of urea groups is 1. The Labute approximate surface area is 205 Å². The van der Waals surface area contributed by atoms with Crippen LogP contribution in [0.4, 0.5) is 23.7 Å². The Bertz CT molecular complexity index is 1130. The molecule has 0 unspecified atom stereocenters. The summed E-state index contributed by atoms with van der Waals surface area (Å²) in [7, 11) is 0. The third kappa shape index (κ3) is 9.10. The molecule has 0 atom stereocenters. The van der Waals surface area contributed by atoms with E-state index >= 15 is 0 Å². The first kappa shape index (κ1) is 26.3. The molecule has 7 nitrogen and oxygen atoms in total. The smallest absolute Gasteiger partial charge is 0.406 e. The Morgan fingerprint density at radius 2 is 1.80 bits per heavy atom. The van der Waals surface area contributed by atoms with E-state index in [1.807, 2.05) is 47.2 Å². The first-order valence-corrected chi connectivity index (χ1v) is 11.9. The summed E-state index contributed by atoms with van der Waals surface area (Å²) in [4.78, 5) is 16.9. The van der Waals surface area contributed by atoms with E-state index in [-0.39, 0.29) is 11.8 Å². The minimum atomic E-state index is -4.74. The predicted molar refractivity (Wildman–Crippen MR) is 127 cm³/mol. The first-order chi connectivity index (χ1) is 16.8. The molecule has 2 N–H and O–H groups in total. The average molecular weight is 509 g/mol. The number of aromatic nitrogens is 1. The summed E-state index contributed by atoms with van der Waals surface area (Å²) in [5, 5.41) is 7.43. The lowest BCUT2D eigenvalue weighted by atomic mass is 10.2. The minimum Gasteiger partial charge on any atom is -0.406 e. The molecule has 1 aromatic heterocycles. The number of nitrogens with one attached hydrogen (secondary N) is 2. The van der Waals surface area contributed by atoms with Gasteiger partial charge < -0.3 is 24.7 Å². The summed E-state index contributed by atoms with van der Waals surface area (Å²) in [5.74, 6) is -0.304. The molecule has 0 saturated carbocycles. The van der Waals surface area contributed by atoms with E-state index in [2.05, 4.69) is 20.4 Å². The van der Waals surface area contributed by atoms with Crippen LogP contribution in [0.3, 0.4) is 0 Å². The van der Waals surface area contributed by atoms with Crippen LogP contribution in [0.15, 0.2) is 65.0 Å². The van der Waals surface area contributed by atoms with Crippen molar-refractivity contribution in [2.24, 2.45) is 4.99 Å². The van der Waals surface area contributed by atoms with Crippen molar-refractivity contribution in [2.75, 3.05) is 13.1 Å². The number of amides is 2. The van der Waals surface area contributed by atoms with Crippen LogP contribution in [0.1, 0.15) is 24.6 Å². The van der Waals surface area contributed by atoms with Crippen molar-refractivity contribution in [1.82, 2.24) is 15.2 Å². The molecule has 0 aliphatic carbocycles. The Hall–Kier alpha value is -3.31. The molecule has 0 radical (unpaired) electrons. The maximum absolute atomic E-state index is 12.4. The van der Waals surface area contributed by atoms with E-state index in [9.17, 15) is 18.0 Å². The van der Waals surface area contributed by atoms with Crippen LogP contribution in [0.25, 0.3) is 0 Å². The van der Waals surface area contributed by atoms with Crippen molar-refractivity contribution < 1.29 is 27.4 Å². The van der Waals surface area contributed by atoms with Gasteiger partial charge in [0.1, 0.15) is 5.75 Å². The molecule has 188 valence electrons. The number of alkyl halides is 3. The van der Waals surface area contributed by atoms with Crippen LogP contribution >= 0.6 is 11.3 Å². The van der Waals surface area contributed by atoms with Crippen molar-refractivity contribution >= 4 is 23.1 Å². The van der Waals surface area contributed by atoms with Gasteiger partial charge in [0.05, 0.1) is 24.6 Å². The lowest BCUT2D eigenvalue weighted by Crippen LogP contribution is -2.36. The standard InChI is InChI=1S/C24H27F3N4O3S/c1-2-28-22(32)29-13-6-14-31-20(16-33-15-18-7-4-3-5-8-18)17-35-23(31)30-19-9-11-21(12-10-19)34-24(25,26)27/h3-5,7-12,17H,2,6,13-16H2,1H3,(H2,28,29,32). The number of ether oxygens (including phenoxy) is 2. The highest BCUT2D eigenvalue weighted by atomic mass is 32.1. The summed E-state index contributed by atoms with van der Waals surface area (Å²) in [6.07, 6.45) is -4.09. The molecule has 3 aromatic rings. The van der Waals surface area contributed by atoms with Gasteiger partial charge in [0.2, 0.25) is 0 Å². The SMILES string of the molecule is CCNC(=O)NCCCn1c(COCc2ccccc2)csc1=Nc1ccc(OC(F)(F)F)cc1. The number of nitrogens with zero attached hydrogens (tertiary/aromatic N) is 2. The van der Waals surface area contributed by atoms with Crippen LogP contribution in [0.2, 0.25) is 0 Å². The van der Waals surface area contributed by atoms with E-state index in [0.29, 0.717) is 49.8 Å². The molecule has 0 aliphatic rings. The first-order valence-electron chi connectivity index (χ1n) is 11.0. The molecule has 2 aromatic carbocycles. The van der Waals surface area contributed by atoms with Gasteiger partial charge >= 0.3 is 12.4 Å². The van der Waals surface area contributed by atoms with Gasteiger partial charge in [-0.3, -0.25) is 0 Å². The second-order valence-electron chi connectivity index (χ2n) is 7.43. The summed E-state index contributed by atoms with van der Waals surface area (Å²) >= 11 is 1.41. The molecule has 2 amide bonds. The number of benzene rings is 2. The number of carbonyl (C=O) groups is 1. The zero-order valence-electron chi connectivity index (χ0n) is 19.2. The number of carbonyl (C=O) groups excluding carboxylic acids is 1. The quantitative estimate of drug-likeness (QED) is 0.354. The lowest BCUT2D eigenvalue weighted by Gasteiger charge is -2.11. The fraction of sp³-hybridized carbons (Fsp3) is 0.333. The highest BCUT2D eigenvalue weighted by Gasteiger charge is 2.30. The zero-order valence-corrected chi connectivity index (χ0v) is 20.0. The minimum absolute atomic E-state index is 0.222. The number of halogens is 3. The largest absolute Gasteiger partial charge is 0.573 e. The molecule has 0 spiro atoms. The molecule has 0 saturated heterocycles. The fourth-order valence-electron chi connectivity index (χ4n) is 3.15. The van der Waals surface area contributed by atoms with Gasteiger partial charge in [0.25, 0.3) is 0 Å². The summed E-state index contributed by atoms with van der Waals surface area (Å²) in [5.41, 5.74) is 2.47. The summed E-state index contributed by atoms with van der Waals surface area (Å²) < 4.78 is 49.0. The molecule has 1 heterocycles. The van der Waals surface area contributed by atoms with Gasteiger partial charge in [-0.1, -0.05) is 30.3 Å². The van der Waals surface area contributed by atoms with Crippen molar-refractivity contribution in [2.45, 2.75) is 39.5 Å². The van der Waals surface area contributed by atoms with E-state index in [4.69, 9.17) is 4.74 Å². The van der Waals surface area contributed by atoms with Crippen molar-refractivity contribution in [1.29, 1.82) is 0 Å². The van der Waals surface area contributed by atoms with Crippen molar-refractivity contribution in [3.8, 4) is 5.75 Å². The maximum atomic E-state index is 12.4. The number of hydrogen-bond acceptors (Lipinski definition) is 5. The Morgan fingerprint density at radius 1 is 1.06 bits per heavy atom. The number of thiazole rings is 1. The van der Waals surface area contributed by atoms with E-state index in [0.717, 1.165) is 11.3 Å². The molecule has 0 aliphatic heterocycles. The normalized spacial score (nSPS) is 11.9. The van der Waals surface area contributed by atoms with Crippen molar-refractivity contribution in [3.05, 3.63) is 76.0 Å². The molecule has 3 rings (SSSR count). The van der Waals surface area contributed by atoms with Gasteiger partial charge in [-0.2, -0.15) is 0 Å². The second kappa shape index (κ2) is 13.0. The van der Waals surface area contributed by atoms with Gasteiger partial charge in [-0.15, -0.1) is 24.5 Å². The molecular weight excluding hydrogens is 481 g/mol. The van der Waals surface area contributed by atoms with Gasteiger partial charge in [0.15, 0.2) is 4.80 Å². The Kier molecular flexibility index (Phi) is 9.74. The summed E-state index contributed by atoms with van der Waals surface area (Å²) in [6.45, 7) is 4.27. The van der Waals surface area contributed by atoms with Crippen molar-refractivity contribution in [3.63, 3.8) is 0 Å². The van der Waals surface area contributed by atoms with Gasteiger partial charge in [0, 0.05) is 25.0 Å². The molecule has 0 bridgehead atoms. The number of rotatable bonds is 11. The van der Waals surface area contributed by atoms with Gasteiger partial charge in [-0.05, 0) is 43.2 Å². The molecule has 35 heavy (non-hydrogen) atoms. The van der Waals surface area contributed by atoms with Crippen LogP contribution in [0.5, 0.6) is 5.75 Å². The average Bonchev–Trinajstić information content (AvgIpc) is 3.19. The monoisotopic (exact) mass is 508 g/mol. The third-order valence-corrected chi connectivity index (χ3v) is 5.63. The predicted octanol–water partition coefficient (Wildman–Crippen LogP) is 5.11. The Morgan fingerprint density at radius 3 is 2.49 bits per heavy atom. The zero-order chi connectivity index (χ0) is 25.1. The fourth-order valence-corrected chi connectivity index (χ4v) is 4.08. The lowest BCUT2D eigenvalue weighted by molar-refractivity contribution is -0.274. The second-order valence-corrected chi connectivity index (χ2v) is 8.27. The molecule has 0 fully saturated rings. The third-order valence-electron chi connectivity index (χ3n) is 4.72. The van der Waals surface area contributed by atoms with E-state index in [1.165, 1.54) is 35.6 Å². The van der Waals surface area contributed by atoms with E-state index < -0.39 is 6.36 Å².